The summed E-state index contributed by atoms with van der Waals surface area (Å²) in [5.74, 6) is 1.17. The average molecular weight is 564 g/mol. The van der Waals surface area contributed by atoms with E-state index in [2.05, 4.69) is 20.4 Å². The van der Waals surface area contributed by atoms with E-state index in [9.17, 15) is 13.6 Å². The second kappa shape index (κ2) is 12.1. The highest BCUT2D eigenvalue weighted by Crippen LogP contribution is 2.38. The van der Waals surface area contributed by atoms with Crippen LogP contribution in [0, 0.1) is 0 Å². The highest BCUT2D eigenvalue weighted by Gasteiger charge is 2.20. The number of nitrogens with two attached hydrogens (primary N) is 1. The number of amides is 1. The van der Waals surface area contributed by atoms with E-state index in [0.717, 1.165) is 5.56 Å². The largest absolute Gasteiger partial charge is 0.484 e. The van der Waals surface area contributed by atoms with Crippen LogP contribution in [0.4, 0.5) is 8.78 Å². The number of ether oxygens (including phenoxy) is 4. The fraction of sp³-hybridized carbons (Fsp3) is 0.300. The third-order valence-corrected chi connectivity index (χ3v) is 4.18. The van der Waals surface area contributed by atoms with E-state index in [-0.39, 0.29) is 49.7 Å². The van der Waals surface area contributed by atoms with Crippen LogP contribution in [0.5, 0.6) is 23.0 Å². The molecule has 9 nitrogen and oxygen atoms in total. The number of fused-ring (bicyclic) bond motifs is 1. The van der Waals surface area contributed by atoms with Gasteiger partial charge in [0.2, 0.25) is 6.79 Å². The first kappa shape index (κ1) is 25.2. The maximum absolute atomic E-state index is 12.8. The molecule has 1 amide bonds. The fourth-order valence-electron chi connectivity index (χ4n) is 2.79. The molecule has 174 valence electrons. The Labute approximate surface area is 200 Å². The summed E-state index contributed by atoms with van der Waals surface area (Å²) in [6.07, 6.45) is 0. The summed E-state index contributed by atoms with van der Waals surface area (Å²) in [5.41, 5.74) is 6.40. The number of nitrogens with zero attached hydrogens (tertiary/aromatic N) is 1. The van der Waals surface area contributed by atoms with E-state index in [1.54, 1.807) is 31.3 Å². The predicted molar refractivity (Wildman–Crippen MR) is 123 cm³/mol. The van der Waals surface area contributed by atoms with Crippen LogP contribution in [0.2, 0.25) is 0 Å². The number of carbonyl (C=O) groups is 1. The first-order valence-electron chi connectivity index (χ1n) is 9.26. The lowest BCUT2D eigenvalue weighted by Crippen LogP contribution is -2.36. The molecular weight excluding hydrogens is 541 g/mol. The van der Waals surface area contributed by atoms with Crippen molar-refractivity contribution in [2.24, 2.45) is 10.7 Å². The summed E-state index contributed by atoms with van der Waals surface area (Å²) >= 11 is 0. The van der Waals surface area contributed by atoms with Gasteiger partial charge in [0.25, 0.3) is 5.91 Å². The van der Waals surface area contributed by atoms with Crippen molar-refractivity contribution in [1.29, 1.82) is 0 Å². The molecule has 1 heterocycles. The minimum absolute atomic E-state index is 0. The number of primary amides is 1. The third kappa shape index (κ3) is 7.28. The summed E-state index contributed by atoms with van der Waals surface area (Å²) in [4.78, 5) is 15.0. The summed E-state index contributed by atoms with van der Waals surface area (Å²) < 4.78 is 45.9. The second-order valence-electron chi connectivity index (χ2n) is 6.37. The van der Waals surface area contributed by atoms with Gasteiger partial charge in [0, 0.05) is 31.8 Å². The molecule has 0 unspecified atom stereocenters. The van der Waals surface area contributed by atoms with Crippen LogP contribution >= 0.6 is 24.0 Å². The van der Waals surface area contributed by atoms with Crippen molar-refractivity contribution in [3.05, 3.63) is 47.5 Å². The molecular formula is C20H23F2IN4O5. The molecule has 3 rings (SSSR count). The van der Waals surface area contributed by atoms with Crippen LogP contribution in [0.15, 0.2) is 41.4 Å². The number of halogens is 3. The Kier molecular flexibility index (Phi) is 9.56. The van der Waals surface area contributed by atoms with Crippen LogP contribution in [0.25, 0.3) is 0 Å². The van der Waals surface area contributed by atoms with Crippen LogP contribution < -0.4 is 35.3 Å². The van der Waals surface area contributed by atoms with Gasteiger partial charge in [-0.15, -0.1) is 24.0 Å². The van der Waals surface area contributed by atoms with Crippen LogP contribution in [0.1, 0.15) is 11.1 Å². The SMILES string of the molecule is CN=C(NCc1cccc(OCC(N)=O)c1)NCc1cc2c(cc1OC(F)F)OCO2.I. The van der Waals surface area contributed by atoms with Gasteiger partial charge in [0.05, 0.1) is 0 Å². The Hall–Kier alpha value is -3.03. The Morgan fingerprint density at radius 1 is 1.19 bits per heavy atom. The molecule has 2 aromatic carbocycles. The highest BCUT2D eigenvalue weighted by molar-refractivity contribution is 14.0. The minimum atomic E-state index is -2.97. The fourth-order valence-corrected chi connectivity index (χ4v) is 2.79. The topological polar surface area (TPSA) is 116 Å². The molecule has 1 aliphatic rings. The molecule has 32 heavy (non-hydrogen) atoms. The van der Waals surface area contributed by atoms with Crippen molar-refractivity contribution in [3.8, 4) is 23.0 Å². The van der Waals surface area contributed by atoms with Gasteiger partial charge in [0.1, 0.15) is 11.5 Å². The molecule has 0 fully saturated rings. The summed E-state index contributed by atoms with van der Waals surface area (Å²) in [6, 6.07) is 10.1. The normalized spacial score (nSPS) is 12.2. The molecule has 0 aromatic heterocycles. The zero-order chi connectivity index (χ0) is 22.2. The molecule has 12 heteroatoms. The van der Waals surface area contributed by atoms with Crippen molar-refractivity contribution in [1.82, 2.24) is 10.6 Å². The van der Waals surface area contributed by atoms with Gasteiger partial charge in [-0.25, -0.2) is 0 Å². The average Bonchev–Trinajstić information content (AvgIpc) is 3.19. The van der Waals surface area contributed by atoms with Gasteiger partial charge < -0.3 is 35.3 Å². The molecule has 0 bridgehead atoms. The van der Waals surface area contributed by atoms with E-state index < -0.39 is 12.5 Å². The number of hydrogen-bond donors (Lipinski definition) is 3. The Morgan fingerprint density at radius 3 is 2.59 bits per heavy atom. The van der Waals surface area contributed by atoms with Crippen molar-refractivity contribution >= 4 is 35.8 Å². The maximum atomic E-state index is 12.8. The number of guanidine groups is 1. The summed E-state index contributed by atoms with van der Waals surface area (Å²) in [7, 11) is 1.58. The summed E-state index contributed by atoms with van der Waals surface area (Å²) in [6.45, 7) is -2.61. The molecule has 2 aromatic rings. The first-order valence-corrected chi connectivity index (χ1v) is 9.26. The van der Waals surface area contributed by atoms with E-state index in [1.807, 2.05) is 6.07 Å². The smallest absolute Gasteiger partial charge is 0.387 e. The molecule has 0 saturated heterocycles. The lowest BCUT2D eigenvalue weighted by molar-refractivity contribution is -0.119. The van der Waals surface area contributed by atoms with Gasteiger partial charge in [-0.2, -0.15) is 8.78 Å². The number of hydrogen-bond acceptors (Lipinski definition) is 6. The predicted octanol–water partition coefficient (Wildman–Crippen LogP) is 2.36. The monoisotopic (exact) mass is 564 g/mol. The third-order valence-electron chi connectivity index (χ3n) is 4.18. The molecule has 0 radical (unpaired) electrons. The Balaban J connectivity index is 0.00000363. The van der Waals surface area contributed by atoms with Crippen LogP contribution in [-0.2, 0) is 17.9 Å². The Bertz CT molecular complexity index is 962. The zero-order valence-corrected chi connectivity index (χ0v) is 19.4. The van der Waals surface area contributed by atoms with Gasteiger partial charge in [-0.1, -0.05) is 12.1 Å². The number of benzene rings is 2. The van der Waals surface area contributed by atoms with Crippen molar-refractivity contribution in [2.75, 3.05) is 20.4 Å². The number of carbonyl (C=O) groups excluding carboxylic acids is 1. The van der Waals surface area contributed by atoms with Gasteiger partial charge in [-0.05, 0) is 23.8 Å². The lowest BCUT2D eigenvalue weighted by atomic mass is 10.1. The number of alkyl halides is 2. The first-order chi connectivity index (χ1) is 14.9. The quantitative estimate of drug-likeness (QED) is 0.243. The molecule has 0 spiro atoms. The van der Waals surface area contributed by atoms with Crippen LogP contribution in [-0.4, -0.2) is 38.9 Å². The van der Waals surface area contributed by atoms with E-state index in [1.165, 1.54) is 6.07 Å². The Morgan fingerprint density at radius 2 is 1.91 bits per heavy atom. The van der Waals surface area contributed by atoms with Crippen molar-refractivity contribution in [2.45, 2.75) is 19.7 Å². The van der Waals surface area contributed by atoms with Crippen molar-refractivity contribution < 1.29 is 32.5 Å². The minimum Gasteiger partial charge on any atom is -0.484 e. The highest BCUT2D eigenvalue weighted by atomic mass is 127. The maximum Gasteiger partial charge on any atom is 0.387 e. The van der Waals surface area contributed by atoms with Crippen LogP contribution in [0.3, 0.4) is 0 Å². The van der Waals surface area contributed by atoms with Gasteiger partial charge in [-0.3, -0.25) is 9.79 Å². The standard InChI is InChI=1S/C20H22F2N4O5.HI/c1-24-20(25-8-12-3-2-4-14(5-12)28-10-18(23)27)26-9-13-6-16-17(30-11-29-16)7-15(13)31-19(21)22;/h2-7,19H,8-11H2,1H3,(H2,23,27)(H2,24,25,26);1H. The molecule has 0 atom stereocenters. The number of rotatable bonds is 9. The van der Waals surface area contributed by atoms with Gasteiger partial charge in [0.15, 0.2) is 24.1 Å². The molecule has 0 saturated carbocycles. The molecule has 4 N–H and O–H groups in total. The molecule has 0 aliphatic carbocycles. The second-order valence-corrected chi connectivity index (χ2v) is 6.37. The number of aliphatic imine (C=N–C) groups is 1. The van der Waals surface area contributed by atoms with Crippen molar-refractivity contribution in [3.63, 3.8) is 0 Å². The molecule has 1 aliphatic heterocycles. The van der Waals surface area contributed by atoms with E-state index >= 15 is 0 Å². The number of nitrogens with one attached hydrogen (secondary N) is 2. The van der Waals surface area contributed by atoms with E-state index in [4.69, 9.17) is 19.9 Å². The van der Waals surface area contributed by atoms with Gasteiger partial charge >= 0.3 is 6.61 Å². The van der Waals surface area contributed by atoms with E-state index in [0.29, 0.717) is 35.3 Å². The lowest BCUT2D eigenvalue weighted by Gasteiger charge is -2.15. The zero-order valence-electron chi connectivity index (χ0n) is 17.1. The summed E-state index contributed by atoms with van der Waals surface area (Å²) in [5, 5.41) is 6.15.